The van der Waals surface area contributed by atoms with Crippen molar-refractivity contribution in [1.82, 2.24) is 19.4 Å². The molecular weight excluding hydrogens is 472 g/mol. The van der Waals surface area contributed by atoms with Gasteiger partial charge in [0.15, 0.2) is 11.3 Å². The first kappa shape index (κ1) is 23.3. The zero-order valence-electron chi connectivity index (χ0n) is 19.8. The van der Waals surface area contributed by atoms with E-state index in [-0.39, 0.29) is 47.7 Å². The van der Waals surface area contributed by atoms with Gasteiger partial charge >= 0.3 is 5.65 Å². The van der Waals surface area contributed by atoms with E-state index in [1.807, 2.05) is 6.07 Å². The number of nitrogens with zero attached hydrogens (tertiary/aromatic N) is 6. The molecule has 0 aromatic carbocycles. The highest BCUT2D eigenvalue weighted by Gasteiger charge is 2.37. The standard InChI is InChI=1S/C24H29F2N7O3/c25-22(26)21-19(12-31(29-21)15-3-1-14(13-34)2-4-15)33-11-18(23(27)35)24-28-20(7-8-32(24)33)30-9-16-5-6-17(10-30)36-16/h7-8,11-12,14-17,22,34H,1-6,9-10,13H2,(H-,27,35)/p+1/t14?,15?,16-,17+. The Morgan fingerprint density at radius 1 is 1.17 bits per heavy atom. The van der Waals surface area contributed by atoms with Crippen molar-refractivity contribution in [3.63, 3.8) is 0 Å². The number of hydrogen-bond donors (Lipinski definition) is 2. The molecule has 1 saturated carbocycles. The number of carbonyl (C=O) groups excluding carboxylic acids is 1. The summed E-state index contributed by atoms with van der Waals surface area (Å²) >= 11 is 0. The second-order valence-corrected chi connectivity index (χ2v) is 10.1. The van der Waals surface area contributed by atoms with Gasteiger partial charge in [-0.15, -0.1) is 4.52 Å². The van der Waals surface area contributed by atoms with Crippen molar-refractivity contribution in [2.24, 2.45) is 11.7 Å². The van der Waals surface area contributed by atoms with Crippen LogP contribution in [0.1, 0.15) is 67.0 Å². The quantitative estimate of drug-likeness (QED) is 0.498. The van der Waals surface area contributed by atoms with E-state index >= 15 is 0 Å². The third-order valence-corrected chi connectivity index (χ3v) is 7.80. The molecule has 3 N–H and O–H groups in total. The number of alkyl halides is 2. The highest BCUT2D eigenvalue weighted by atomic mass is 19.3. The van der Waals surface area contributed by atoms with Crippen LogP contribution in [0.2, 0.25) is 0 Å². The molecule has 1 aliphatic carbocycles. The van der Waals surface area contributed by atoms with Crippen molar-refractivity contribution in [3.8, 4) is 5.69 Å². The largest absolute Gasteiger partial charge is 0.396 e. The summed E-state index contributed by atoms with van der Waals surface area (Å²) in [5, 5.41) is 13.7. The summed E-state index contributed by atoms with van der Waals surface area (Å²) in [5.74, 6) is 0.252. The number of hydrogen-bond acceptors (Lipinski definition) is 6. The van der Waals surface area contributed by atoms with Crippen LogP contribution >= 0.6 is 0 Å². The monoisotopic (exact) mass is 502 g/mol. The van der Waals surface area contributed by atoms with Crippen LogP contribution in [0, 0.1) is 5.92 Å². The summed E-state index contributed by atoms with van der Waals surface area (Å²) in [4.78, 5) is 19.2. The maximum Gasteiger partial charge on any atom is 0.363 e. The van der Waals surface area contributed by atoms with E-state index in [2.05, 4.69) is 10.00 Å². The molecule has 192 valence electrons. The molecule has 0 spiro atoms. The smallest absolute Gasteiger partial charge is 0.363 e. The molecule has 3 aliphatic rings. The zero-order valence-corrected chi connectivity index (χ0v) is 19.8. The molecule has 1 amide bonds. The highest BCUT2D eigenvalue weighted by molar-refractivity contribution is 5.97. The fourth-order valence-electron chi connectivity index (χ4n) is 5.85. The molecule has 2 atom stereocenters. The molecule has 3 aromatic rings. The van der Waals surface area contributed by atoms with Gasteiger partial charge < -0.3 is 20.5 Å². The lowest BCUT2D eigenvalue weighted by Gasteiger charge is -2.30. The Morgan fingerprint density at radius 3 is 2.53 bits per heavy atom. The number of aromatic nitrogens is 5. The maximum atomic E-state index is 14.1. The fraction of sp³-hybridized carbons (Fsp3) is 0.583. The summed E-state index contributed by atoms with van der Waals surface area (Å²) in [5.41, 5.74) is 5.93. The van der Waals surface area contributed by atoms with Gasteiger partial charge in [-0.1, -0.05) is 0 Å². The second kappa shape index (κ2) is 9.07. The molecule has 2 bridgehead atoms. The number of fused-ring (bicyclic) bond motifs is 3. The van der Waals surface area contributed by atoms with E-state index in [4.69, 9.17) is 15.5 Å². The summed E-state index contributed by atoms with van der Waals surface area (Å²) in [6, 6.07) is 1.80. The van der Waals surface area contributed by atoms with Gasteiger partial charge in [0.05, 0.1) is 30.6 Å². The van der Waals surface area contributed by atoms with Crippen LogP contribution in [-0.4, -0.2) is 62.4 Å². The third kappa shape index (κ3) is 4.01. The number of anilines is 1. The van der Waals surface area contributed by atoms with Crippen molar-refractivity contribution in [3.05, 3.63) is 35.9 Å². The normalized spacial score (nSPS) is 26.3. The van der Waals surface area contributed by atoms with Gasteiger partial charge in [0.1, 0.15) is 11.9 Å². The van der Waals surface area contributed by atoms with Crippen LogP contribution < -0.4 is 15.1 Å². The summed E-state index contributed by atoms with van der Waals surface area (Å²) in [7, 11) is 0. The lowest BCUT2D eigenvalue weighted by atomic mass is 9.87. The number of carbonyl (C=O) groups is 1. The first-order valence-electron chi connectivity index (χ1n) is 12.5. The van der Waals surface area contributed by atoms with E-state index in [1.165, 1.54) is 10.9 Å². The minimum absolute atomic E-state index is 0.0251. The number of aliphatic hydroxyl groups excluding tert-OH is 1. The summed E-state index contributed by atoms with van der Waals surface area (Å²) in [6.45, 7) is 1.57. The number of amides is 1. The van der Waals surface area contributed by atoms with Gasteiger partial charge in [0.2, 0.25) is 5.82 Å². The van der Waals surface area contributed by atoms with Gasteiger partial charge in [-0.05, 0) is 49.4 Å². The number of primary amides is 1. The third-order valence-electron chi connectivity index (χ3n) is 7.80. The van der Waals surface area contributed by atoms with Crippen molar-refractivity contribution >= 4 is 17.4 Å². The van der Waals surface area contributed by atoms with Gasteiger partial charge in [0.25, 0.3) is 12.3 Å². The number of rotatable bonds is 6. The zero-order chi connectivity index (χ0) is 25.0. The lowest BCUT2D eigenvalue weighted by Crippen LogP contribution is -2.43. The number of morpholine rings is 1. The Balaban J connectivity index is 1.39. The average Bonchev–Trinajstić information content (AvgIpc) is 3.58. The van der Waals surface area contributed by atoms with Crippen LogP contribution in [0.4, 0.5) is 14.6 Å². The molecular formula is C24H30F2N7O3+. The van der Waals surface area contributed by atoms with Gasteiger partial charge in [0, 0.05) is 25.8 Å². The number of halogens is 2. The van der Waals surface area contributed by atoms with Crippen molar-refractivity contribution in [1.29, 1.82) is 0 Å². The topological polar surface area (TPSA) is 116 Å². The number of aliphatic hydroxyl groups is 1. The molecule has 2 aliphatic heterocycles. The Bertz CT molecular complexity index is 1270. The van der Waals surface area contributed by atoms with E-state index in [9.17, 15) is 18.7 Å². The molecule has 6 rings (SSSR count). The first-order valence-corrected chi connectivity index (χ1v) is 12.5. The van der Waals surface area contributed by atoms with Crippen LogP contribution in [0.15, 0.2) is 24.7 Å². The summed E-state index contributed by atoms with van der Waals surface area (Å²) in [6.07, 6.45) is 7.51. The fourth-order valence-corrected chi connectivity index (χ4v) is 5.85. The van der Waals surface area contributed by atoms with Crippen LogP contribution in [-0.2, 0) is 4.74 Å². The van der Waals surface area contributed by atoms with E-state index in [1.54, 1.807) is 21.6 Å². The predicted octanol–water partition coefficient (Wildman–Crippen LogP) is 1.94. The second-order valence-electron chi connectivity index (χ2n) is 10.1. The molecule has 2 saturated heterocycles. The summed E-state index contributed by atoms with van der Waals surface area (Å²) < 4.78 is 38.8. The predicted molar refractivity (Wildman–Crippen MR) is 124 cm³/mol. The molecule has 12 heteroatoms. The maximum absolute atomic E-state index is 14.1. The first-order chi connectivity index (χ1) is 17.4. The van der Waals surface area contributed by atoms with Gasteiger partial charge in [-0.25, -0.2) is 8.78 Å². The highest BCUT2D eigenvalue weighted by Crippen LogP contribution is 2.34. The van der Waals surface area contributed by atoms with Crippen molar-refractivity contribution in [2.75, 3.05) is 24.6 Å². The molecule has 3 aromatic heterocycles. The minimum atomic E-state index is -2.80. The van der Waals surface area contributed by atoms with E-state index in [0.29, 0.717) is 24.6 Å². The van der Waals surface area contributed by atoms with Crippen LogP contribution in [0.5, 0.6) is 0 Å². The Hall–Kier alpha value is -3.12. The van der Waals surface area contributed by atoms with E-state index < -0.39 is 12.3 Å². The average molecular weight is 503 g/mol. The van der Waals surface area contributed by atoms with Crippen molar-refractivity contribution in [2.45, 2.75) is 63.2 Å². The Labute approximate surface area is 206 Å². The van der Waals surface area contributed by atoms with Crippen LogP contribution in [0.25, 0.3) is 11.3 Å². The Morgan fingerprint density at radius 2 is 1.89 bits per heavy atom. The molecule has 0 radical (unpaired) electrons. The molecule has 10 nitrogen and oxygen atoms in total. The van der Waals surface area contributed by atoms with Crippen molar-refractivity contribution < 1.29 is 27.9 Å². The molecule has 36 heavy (non-hydrogen) atoms. The Kier molecular flexibility index (Phi) is 5.87. The van der Waals surface area contributed by atoms with E-state index in [0.717, 1.165) is 38.5 Å². The SMILES string of the molecule is NC(=O)c1cn(-c2cn(C3CCC(CO)CC3)nc2C(F)F)[n+]2ccc(N3C[C@H]4CC[C@@H](C3)O4)nc12. The number of nitrogens with two attached hydrogens (primary N) is 1. The van der Waals surface area contributed by atoms with Gasteiger partial charge in [-0.3, -0.25) is 9.48 Å². The van der Waals surface area contributed by atoms with Gasteiger partial charge in [-0.2, -0.15) is 9.78 Å². The minimum Gasteiger partial charge on any atom is -0.396 e. The lowest BCUT2D eigenvalue weighted by molar-refractivity contribution is -0.600. The molecule has 3 fully saturated rings. The van der Waals surface area contributed by atoms with Crippen LogP contribution in [0.3, 0.4) is 0 Å². The molecule has 5 heterocycles. The molecule has 0 unspecified atom stereocenters. The number of ether oxygens (including phenoxy) is 1.